The van der Waals surface area contributed by atoms with Crippen LogP contribution in [-0.2, 0) is 16.1 Å². The number of carbonyl (C=O) groups excluding carboxylic acids is 1. The maximum atomic E-state index is 12.3. The van der Waals surface area contributed by atoms with Crippen molar-refractivity contribution in [2.45, 2.75) is 39.3 Å². The van der Waals surface area contributed by atoms with Crippen LogP contribution >= 0.6 is 24.8 Å². The van der Waals surface area contributed by atoms with Gasteiger partial charge in [-0.1, -0.05) is 0 Å². The van der Waals surface area contributed by atoms with Gasteiger partial charge < -0.3 is 15.8 Å². The largest absolute Gasteiger partial charge is 0.381 e. The summed E-state index contributed by atoms with van der Waals surface area (Å²) in [4.78, 5) is 28.2. The fraction of sp³-hybridized carbons (Fsp3) is 0.562. The predicted octanol–water partition coefficient (Wildman–Crippen LogP) is 0.853. The Morgan fingerprint density at radius 3 is 2.73 bits per heavy atom. The standard InChI is InChI=1S/C16H23N5O3.2ClH/c1-9-12(10(2)21-13(19-9)7-14(22)20-21)8-18-16(23)15(17)11-3-5-24-6-4-11;;/h7,11,15H,3-6,8,17H2,1-2H3,(H,18,23)(H,20,22);2*1H. The van der Waals surface area contributed by atoms with Gasteiger partial charge in [0.25, 0.3) is 5.56 Å². The molecule has 0 spiro atoms. The quantitative estimate of drug-likeness (QED) is 0.697. The van der Waals surface area contributed by atoms with E-state index in [-0.39, 0.29) is 42.2 Å². The summed E-state index contributed by atoms with van der Waals surface area (Å²) >= 11 is 0. The SMILES string of the molecule is Cc1nc2cc(=O)[nH]n2c(C)c1CNC(=O)C(N)C1CCOCC1.Cl.Cl. The summed E-state index contributed by atoms with van der Waals surface area (Å²) in [6.45, 7) is 5.40. The predicted molar refractivity (Wildman–Crippen MR) is 103 cm³/mol. The average molecular weight is 406 g/mol. The number of aryl methyl sites for hydroxylation is 2. The molecule has 1 amide bonds. The van der Waals surface area contributed by atoms with Gasteiger partial charge in [0.15, 0.2) is 5.65 Å². The van der Waals surface area contributed by atoms with Crippen LogP contribution in [0.5, 0.6) is 0 Å². The lowest BCUT2D eigenvalue weighted by atomic mass is 9.92. The molecule has 1 aliphatic heterocycles. The molecule has 1 atom stereocenters. The molecule has 10 heteroatoms. The fourth-order valence-corrected chi connectivity index (χ4v) is 3.19. The topological polar surface area (TPSA) is 115 Å². The van der Waals surface area contributed by atoms with Crippen LogP contribution in [0.2, 0.25) is 0 Å². The van der Waals surface area contributed by atoms with Crippen molar-refractivity contribution < 1.29 is 9.53 Å². The summed E-state index contributed by atoms with van der Waals surface area (Å²) in [5, 5.41) is 5.60. The second kappa shape index (κ2) is 9.36. The number of amides is 1. The highest BCUT2D eigenvalue weighted by Gasteiger charge is 2.26. The van der Waals surface area contributed by atoms with Crippen LogP contribution in [0, 0.1) is 19.8 Å². The number of rotatable bonds is 4. The third-order valence-electron chi connectivity index (χ3n) is 4.72. The zero-order chi connectivity index (χ0) is 17.3. The Balaban J connectivity index is 0.00000169. The van der Waals surface area contributed by atoms with Gasteiger partial charge in [0, 0.05) is 42.8 Å². The number of hydrogen-bond acceptors (Lipinski definition) is 5. The number of nitrogens with one attached hydrogen (secondary N) is 2. The first-order valence-electron chi connectivity index (χ1n) is 8.16. The van der Waals surface area contributed by atoms with Crippen LogP contribution < -0.4 is 16.6 Å². The lowest BCUT2D eigenvalue weighted by molar-refractivity contribution is -0.124. The molecule has 0 bridgehead atoms. The highest BCUT2D eigenvalue weighted by atomic mass is 35.5. The van der Waals surface area contributed by atoms with Crippen LogP contribution in [0.1, 0.15) is 29.8 Å². The van der Waals surface area contributed by atoms with E-state index >= 15 is 0 Å². The molecular formula is C16H25Cl2N5O3. The molecule has 4 N–H and O–H groups in total. The van der Waals surface area contributed by atoms with Gasteiger partial charge in [-0.15, -0.1) is 24.8 Å². The molecule has 3 rings (SSSR count). The van der Waals surface area contributed by atoms with E-state index in [1.165, 1.54) is 6.07 Å². The molecule has 0 aliphatic carbocycles. The van der Waals surface area contributed by atoms with Crippen molar-refractivity contribution in [1.82, 2.24) is 19.9 Å². The second-order valence-corrected chi connectivity index (χ2v) is 6.27. The lowest BCUT2D eigenvalue weighted by Crippen LogP contribution is -2.47. The molecule has 3 heterocycles. The number of hydrogen-bond donors (Lipinski definition) is 3. The average Bonchev–Trinajstić information content (AvgIpc) is 2.95. The number of fused-ring (bicyclic) bond motifs is 1. The minimum Gasteiger partial charge on any atom is -0.381 e. The first kappa shape index (κ1) is 22.4. The van der Waals surface area contributed by atoms with Crippen LogP contribution in [-0.4, -0.2) is 39.8 Å². The molecule has 1 aliphatic rings. The van der Waals surface area contributed by atoms with Crippen molar-refractivity contribution >= 4 is 36.4 Å². The summed E-state index contributed by atoms with van der Waals surface area (Å²) in [6, 6.07) is 0.918. The van der Waals surface area contributed by atoms with Crippen molar-refractivity contribution in [3.8, 4) is 0 Å². The summed E-state index contributed by atoms with van der Waals surface area (Å²) < 4.78 is 6.94. The molecule has 2 aromatic rings. The van der Waals surface area contributed by atoms with E-state index in [0.29, 0.717) is 25.4 Å². The molecule has 8 nitrogen and oxygen atoms in total. The molecule has 0 saturated carbocycles. The molecule has 26 heavy (non-hydrogen) atoms. The number of nitrogens with two attached hydrogens (primary N) is 1. The zero-order valence-electron chi connectivity index (χ0n) is 14.8. The van der Waals surface area contributed by atoms with Gasteiger partial charge in [-0.25, -0.2) is 9.50 Å². The molecule has 146 valence electrons. The first-order chi connectivity index (χ1) is 11.5. The van der Waals surface area contributed by atoms with Gasteiger partial charge in [0.05, 0.1) is 6.04 Å². The Kier molecular flexibility index (Phi) is 8.08. The van der Waals surface area contributed by atoms with Crippen molar-refractivity contribution in [1.29, 1.82) is 0 Å². The lowest BCUT2D eigenvalue weighted by Gasteiger charge is -2.26. The van der Waals surface area contributed by atoms with E-state index in [1.54, 1.807) is 4.52 Å². The van der Waals surface area contributed by atoms with Crippen molar-refractivity contribution in [3.05, 3.63) is 33.4 Å². The number of H-pyrrole nitrogens is 1. The number of halogens is 2. The summed E-state index contributed by atoms with van der Waals surface area (Å²) in [5.41, 5.74) is 8.97. The van der Waals surface area contributed by atoms with Gasteiger partial charge >= 0.3 is 0 Å². The first-order valence-corrected chi connectivity index (χ1v) is 8.16. The van der Waals surface area contributed by atoms with Crippen LogP contribution in [0.4, 0.5) is 0 Å². The number of carbonyl (C=O) groups is 1. The molecule has 2 aromatic heterocycles. The van der Waals surface area contributed by atoms with E-state index in [9.17, 15) is 9.59 Å². The van der Waals surface area contributed by atoms with E-state index in [0.717, 1.165) is 29.8 Å². The number of aromatic nitrogens is 3. The van der Waals surface area contributed by atoms with Crippen LogP contribution in [0.3, 0.4) is 0 Å². The molecule has 1 saturated heterocycles. The molecular weight excluding hydrogens is 381 g/mol. The summed E-state index contributed by atoms with van der Waals surface area (Å²) in [6.07, 6.45) is 1.62. The molecule has 0 radical (unpaired) electrons. The Morgan fingerprint density at radius 1 is 1.42 bits per heavy atom. The maximum Gasteiger partial charge on any atom is 0.266 e. The summed E-state index contributed by atoms with van der Waals surface area (Å²) in [7, 11) is 0. The Hall–Kier alpha value is -1.61. The number of aromatic amines is 1. The minimum absolute atomic E-state index is 0. The van der Waals surface area contributed by atoms with E-state index in [4.69, 9.17) is 10.5 Å². The van der Waals surface area contributed by atoms with E-state index in [1.807, 2.05) is 13.8 Å². The van der Waals surface area contributed by atoms with Gasteiger partial charge in [-0.3, -0.25) is 14.7 Å². The normalized spacial score (nSPS) is 15.8. The third-order valence-corrected chi connectivity index (χ3v) is 4.72. The smallest absolute Gasteiger partial charge is 0.266 e. The maximum absolute atomic E-state index is 12.3. The second-order valence-electron chi connectivity index (χ2n) is 6.27. The minimum atomic E-state index is -0.530. The van der Waals surface area contributed by atoms with Crippen molar-refractivity contribution in [2.24, 2.45) is 11.7 Å². The van der Waals surface area contributed by atoms with E-state index < -0.39 is 6.04 Å². The van der Waals surface area contributed by atoms with E-state index in [2.05, 4.69) is 15.4 Å². The highest BCUT2D eigenvalue weighted by Crippen LogP contribution is 2.18. The Morgan fingerprint density at radius 2 is 2.08 bits per heavy atom. The third kappa shape index (κ3) is 4.56. The van der Waals surface area contributed by atoms with Gasteiger partial charge in [-0.05, 0) is 32.6 Å². The monoisotopic (exact) mass is 405 g/mol. The summed E-state index contributed by atoms with van der Waals surface area (Å²) in [5.74, 6) is -0.0100. The fourth-order valence-electron chi connectivity index (χ4n) is 3.19. The Labute approximate surface area is 163 Å². The molecule has 1 fully saturated rings. The number of nitrogens with zero attached hydrogens (tertiary/aromatic N) is 2. The van der Waals surface area contributed by atoms with Gasteiger partial charge in [0.1, 0.15) is 0 Å². The van der Waals surface area contributed by atoms with Gasteiger partial charge in [0.2, 0.25) is 5.91 Å². The number of ether oxygens (including phenoxy) is 1. The van der Waals surface area contributed by atoms with Crippen LogP contribution in [0.15, 0.2) is 10.9 Å². The van der Waals surface area contributed by atoms with Crippen LogP contribution in [0.25, 0.3) is 5.65 Å². The molecule has 0 aromatic carbocycles. The van der Waals surface area contributed by atoms with Crippen molar-refractivity contribution in [3.63, 3.8) is 0 Å². The van der Waals surface area contributed by atoms with Crippen molar-refractivity contribution in [2.75, 3.05) is 13.2 Å². The molecule has 1 unspecified atom stereocenters. The Bertz CT molecular complexity index is 814. The zero-order valence-corrected chi connectivity index (χ0v) is 16.4. The van der Waals surface area contributed by atoms with Gasteiger partial charge in [-0.2, -0.15) is 0 Å². The highest BCUT2D eigenvalue weighted by molar-refractivity contribution is 5.85.